The largest absolute Gasteiger partial charge is 0.508 e. The summed E-state index contributed by atoms with van der Waals surface area (Å²) in [5.74, 6) is 0.343. The number of aromatic hydroxyl groups is 1. The Bertz CT molecular complexity index is 538. The quantitative estimate of drug-likeness (QED) is 0.190. The summed E-state index contributed by atoms with van der Waals surface area (Å²) >= 11 is 0. The topological polar surface area (TPSA) is 57.5 Å². The van der Waals surface area contributed by atoms with E-state index >= 15 is 0 Å². The number of carboxylic acid groups (broad SMARTS) is 1. The second kappa shape index (κ2) is 19.2. The molecule has 0 saturated heterocycles. The van der Waals surface area contributed by atoms with Crippen LogP contribution in [0.15, 0.2) is 24.3 Å². The average molecular weight is 433 g/mol. The second-order valence-corrected chi connectivity index (χ2v) is 9.31. The number of phenolic OH excluding ortho intramolecular Hbond substituents is 1. The molecule has 0 aliphatic heterocycles. The highest BCUT2D eigenvalue weighted by atomic mass is 16.4. The van der Waals surface area contributed by atoms with E-state index in [0.717, 1.165) is 12.8 Å². The van der Waals surface area contributed by atoms with Gasteiger partial charge in [-0.05, 0) is 42.9 Å². The van der Waals surface area contributed by atoms with Gasteiger partial charge in [0.1, 0.15) is 5.75 Å². The van der Waals surface area contributed by atoms with E-state index < -0.39 is 5.97 Å². The maximum absolute atomic E-state index is 10.5. The molecule has 1 unspecified atom stereocenters. The number of hydrogen-bond acceptors (Lipinski definition) is 2. The normalized spacial score (nSPS) is 12.2. The molecule has 0 aliphatic rings. The van der Waals surface area contributed by atoms with Gasteiger partial charge in [0, 0.05) is 6.42 Å². The molecule has 2 N–H and O–H groups in total. The highest BCUT2D eigenvalue weighted by Gasteiger charge is 2.11. The monoisotopic (exact) mass is 432 g/mol. The van der Waals surface area contributed by atoms with Crippen LogP contribution in [0.1, 0.15) is 140 Å². The molecule has 0 spiro atoms. The van der Waals surface area contributed by atoms with Crippen molar-refractivity contribution in [1.29, 1.82) is 0 Å². The van der Waals surface area contributed by atoms with Crippen LogP contribution >= 0.6 is 0 Å². The number of unbranched alkanes of at least 4 members (excludes halogenated alkanes) is 14. The molecule has 0 radical (unpaired) electrons. The predicted octanol–water partition coefficient (Wildman–Crippen LogP) is 8.99. The van der Waals surface area contributed by atoms with E-state index in [1.165, 1.54) is 108 Å². The first-order chi connectivity index (χ1) is 15.1. The Morgan fingerprint density at radius 2 is 1.10 bits per heavy atom. The Balaban J connectivity index is 2.09. The molecule has 0 aromatic heterocycles. The van der Waals surface area contributed by atoms with E-state index in [4.69, 9.17) is 5.11 Å². The molecule has 1 aromatic rings. The molecule has 1 rings (SSSR count). The van der Waals surface area contributed by atoms with Gasteiger partial charge >= 0.3 is 5.97 Å². The molecule has 1 aromatic carbocycles. The fraction of sp³-hybridized carbons (Fsp3) is 0.750. The molecule has 0 amide bonds. The zero-order valence-corrected chi connectivity index (χ0v) is 20.1. The average Bonchev–Trinajstić information content (AvgIpc) is 2.75. The van der Waals surface area contributed by atoms with E-state index in [1.54, 1.807) is 0 Å². The van der Waals surface area contributed by atoms with Crippen LogP contribution in [0.3, 0.4) is 0 Å². The Morgan fingerprint density at radius 3 is 1.55 bits per heavy atom. The van der Waals surface area contributed by atoms with Gasteiger partial charge in [-0.1, -0.05) is 115 Å². The highest BCUT2D eigenvalue weighted by molar-refractivity contribution is 5.66. The molecule has 0 bridgehead atoms. The second-order valence-electron chi connectivity index (χ2n) is 9.31. The summed E-state index contributed by atoms with van der Waals surface area (Å²) in [4.78, 5) is 10.5. The van der Waals surface area contributed by atoms with Crippen LogP contribution in [0.25, 0.3) is 0 Å². The SMILES string of the molecule is CCCCCCCC(CCCCCCCCCCCCCC(=O)O)c1ccc(O)cc1. The highest BCUT2D eigenvalue weighted by Crippen LogP contribution is 2.29. The number of carboxylic acids is 1. The Morgan fingerprint density at radius 1 is 0.677 bits per heavy atom. The Kier molecular flexibility index (Phi) is 17.0. The van der Waals surface area contributed by atoms with Gasteiger partial charge in [0.15, 0.2) is 0 Å². The van der Waals surface area contributed by atoms with Crippen molar-refractivity contribution in [2.45, 2.75) is 135 Å². The van der Waals surface area contributed by atoms with Crippen molar-refractivity contribution in [3.8, 4) is 5.75 Å². The van der Waals surface area contributed by atoms with Crippen LogP contribution < -0.4 is 0 Å². The summed E-state index contributed by atoms with van der Waals surface area (Å²) in [7, 11) is 0. The van der Waals surface area contributed by atoms with Gasteiger partial charge in [0.2, 0.25) is 0 Å². The number of rotatable bonds is 21. The van der Waals surface area contributed by atoms with E-state index in [9.17, 15) is 9.90 Å². The third kappa shape index (κ3) is 15.9. The molecule has 31 heavy (non-hydrogen) atoms. The van der Waals surface area contributed by atoms with Gasteiger partial charge < -0.3 is 10.2 Å². The van der Waals surface area contributed by atoms with Crippen LogP contribution in [-0.2, 0) is 4.79 Å². The van der Waals surface area contributed by atoms with Crippen LogP contribution in [0.2, 0.25) is 0 Å². The summed E-state index contributed by atoms with van der Waals surface area (Å²) in [6.07, 6.45) is 23.2. The molecule has 0 aliphatic carbocycles. The fourth-order valence-electron chi connectivity index (χ4n) is 4.48. The molecule has 3 heteroatoms. The van der Waals surface area contributed by atoms with Crippen molar-refractivity contribution < 1.29 is 15.0 Å². The molecule has 0 fully saturated rings. The van der Waals surface area contributed by atoms with Crippen molar-refractivity contribution in [2.24, 2.45) is 0 Å². The van der Waals surface area contributed by atoms with Gasteiger partial charge in [-0.15, -0.1) is 0 Å². The zero-order chi connectivity index (χ0) is 22.6. The van der Waals surface area contributed by atoms with Crippen molar-refractivity contribution in [3.63, 3.8) is 0 Å². The van der Waals surface area contributed by atoms with Gasteiger partial charge in [0.05, 0.1) is 0 Å². The number of phenols is 1. The van der Waals surface area contributed by atoms with Crippen LogP contribution in [-0.4, -0.2) is 16.2 Å². The van der Waals surface area contributed by atoms with Gasteiger partial charge in [-0.3, -0.25) is 4.79 Å². The first-order valence-corrected chi connectivity index (χ1v) is 13.1. The zero-order valence-electron chi connectivity index (χ0n) is 20.1. The Labute approximate surface area is 191 Å². The molecule has 0 heterocycles. The molecular formula is C28H48O3. The van der Waals surface area contributed by atoms with E-state index in [2.05, 4.69) is 19.1 Å². The summed E-state index contributed by atoms with van der Waals surface area (Å²) in [6, 6.07) is 7.92. The lowest BCUT2D eigenvalue weighted by atomic mass is 9.88. The van der Waals surface area contributed by atoms with Crippen LogP contribution in [0.4, 0.5) is 0 Å². The van der Waals surface area contributed by atoms with E-state index in [0.29, 0.717) is 18.1 Å². The minimum atomic E-state index is -0.665. The number of carbonyl (C=O) groups is 1. The van der Waals surface area contributed by atoms with Crippen LogP contribution in [0, 0.1) is 0 Å². The first-order valence-electron chi connectivity index (χ1n) is 13.1. The van der Waals surface area contributed by atoms with Crippen LogP contribution in [0.5, 0.6) is 5.75 Å². The van der Waals surface area contributed by atoms with Gasteiger partial charge in [-0.2, -0.15) is 0 Å². The van der Waals surface area contributed by atoms with Gasteiger partial charge in [-0.25, -0.2) is 0 Å². The standard InChI is InChI=1S/C28H48O3/c1-2-3-4-12-15-18-25(26-21-23-27(29)24-22-26)19-16-13-10-8-6-5-7-9-11-14-17-20-28(30)31/h21-25,29H,2-20H2,1H3,(H,30,31). The molecule has 0 saturated carbocycles. The maximum Gasteiger partial charge on any atom is 0.303 e. The molecular weight excluding hydrogens is 384 g/mol. The molecule has 3 nitrogen and oxygen atoms in total. The summed E-state index contributed by atoms with van der Waals surface area (Å²) < 4.78 is 0. The minimum Gasteiger partial charge on any atom is -0.508 e. The minimum absolute atomic E-state index is 0.326. The number of aliphatic carboxylic acids is 1. The molecule has 178 valence electrons. The lowest BCUT2D eigenvalue weighted by Gasteiger charge is -2.18. The van der Waals surface area contributed by atoms with Crippen molar-refractivity contribution in [2.75, 3.05) is 0 Å². The van der Waals surface area contributed by atoms with Gasteiger partial charge in [0.25, 0.3) is 0 Å². The van der Waals surface area contributed by atoms with E-state index in [1.807, 2.05) is 12.1 Å². The number of hydrogen-bond donors (Lipinski definition) is 2. The summed E-state index contributed by atoms with van der Waals surface area (Å²) in [5.41, 5.74) is 1.40. The number of benzene rings is 1. The van der Waals surface area contributed by atoms with Crippen molar-refractivity contribution in [3.05, 3.63) is 29.8 Å². The summed E-state index contributed by atoms with van der Waals surface area (Å²) in [6.45, 7) is 2.27. The summed E-state index contributed by atoms with van der Waals surface area (Å²) in [5, 5.41) is 18.2. The Hall–Kier alpha value is -1.51. The lowest BCUT2D eigenvalue weighted by Crippen LogP contribution is -2.00. The lowest BCUT2D eigenvalue weighted by molar-refractivity contribution is -0.137. The smallest absolute Gasteiger partial charge is 0.303 e. The fourth-order valence-corrected chi connectivity index (χ4v) is 4.48. The maximum atomic E-state index is 10.5. The first kappa shape index (κ1) is 27.5. The third-order valence-electron chi connectivity index (χ3n) is 6.46. The third-order valence-corrected chi connectivity index (χ3v) is 6.46. The van der Waals surface area contributed by atoms with E-state index in [-0.39, 0.29) is 0 Å². The van der Waals surface area contributed by atoms with Crippen molar-refractivity contribution in [1.82, 2.24) is 0 Å². The van der Waals surface area contributed by atoms with Crippen molar-refractivity contribution >= 4 is 5.97 Å². The molecule has 1 atom stereocenters. The predicted molar refractivity (Wildman–Crippen MR) is 132 cm³/mol.